The number of azide groups is 1. The Bertz CT molecular complexity index is 1260. The zero-order valence-corrected chi connectivity index (χ0v) is 19.4. The van der Waals surface area contributed by atoms with Gasteiger partial charge in [0, 0.05) is 40.3 Å². The molecular formula is C22H28N7P. The summed E-state index contributed by atoms with van der Waals surface area (Å²) in [4.78, 5) is 20.3. The molecule has 2 aromatic heterocycles. The van der Waals surface area contributed by atoms with Crippen LogP contribution in [-0.2, 0) is 0 Å². The maximum Gasteiger partial charge on any atom is 0.0813 e. The van der Waals surface area contributed by atoms with E-state index in [9.17, 15) is 0 Å². The quantitative estimate of drug-likeness (QED) is 0.301. The van der Waals surface area contributed by atoms with Crippen LogP contribution in [0.3, 0.4) is 0 Å². The van der Waals surface area contributed by atoms with Gasteiger partial charge in [0.15, 0.2) is 0 Å². The van der Waals surface area contributed by atoms with E-state index in [1.165, 1.54) is 11.3 Å². The number of aryl methyl sites for hydroxylation is 2. The van der Waals surface area contributed by atoms with Gasteiger partial charge in [-0.1, -0.05) is 19.6 Å². The lowest BCUT2D eigenvalue weighted by atomic mass is 10.0. The third-order valence-corrected chi connectivity index (χ3v) is 8.20. The summed E-state index contributed by atoms with van der Waals surface area (Å²) in [5.74, 6) is 0. The second-order valence-corrected chi connectivity index (χ2v) is 9.98. The Morgan fingerprint density at radius 3 is 2.80 bits per heavy atom. The molecule has 3 aromatic rings. The summed E-state index contributed by atoms with van der Waals surface area (Å²) >= 11 is 0. The first-order chi connectivity index (χ1) is 14.3. The summed E-state index contributed by atoms with van der Waals surface area (Å²) in [6.45, 7) is 13.5. The number of aromatic amines is 1. The van der Waals surface area contributed by atoms with Crippen LogP contribution in [0, 0.1) is 13.8 Å². The number of rotatable bonds is 4. The summed E-state index contributed by atoms with van der Waals surface area (Å²) in [5.41, 5.74) is 17.8. The molecule has 1 aliphatic rings. The minimum atomic E-state index is -1.08. The summed E-state index contributed by atoms with van der Waals surface area (Å²) < 4.78 is 0. The van der Waals surface area contributed by atoms with Gasteiger partial charge in [-0.2, -0.15) is 0 Å². The van der Waals surface area contributed by atoms with Gasteiger partial charge in [0.1, 0.15) is 0 Å². The maximum absolute atomic E-state index is 9.02. The monoisotopic (exact) mass is 421 g/mol. The highest BCUT2D eigenvalue weighted by atomic mass is 31.1. The second kappa shape index (κ2) is 7.51. The molecule has 1 fully saturated rings. The lowest BCUT2D eigenvalue weighted by Crippen LogP contribution is -2.33. The Morgan fingerprint density at radius 2 is 2.20 bits per heavy atom. The van der Waals surface area contributed by atoms with Crippen molar-refractivity contribution in [3.8, 4) is 0 Å². The van der Waals surface area contributed by atoms with Crippen molar-refractivity contribution in [2.45, 2.75) is 40.3 Å². The van der Waals surface area contributed by atoms with Gasteiger partial charge in [-0.15, -0.1) is 0 Å². The van der Waals surface area contributed by atoms with Crippen LogP contribution >= 0.6 is 7.68 Å². The molecule has 0 radical (unpaired) electrons. The number of nitrogens with zero attached hydrogens (tertiary/aromatic N) is 6. The van der Waals surface area contributed by atoms with E-state index < -0.39 is 7.68 Å². The SMILES string of the molecule is C=Cc1c(/C(C)=C2\CN(C)C(CC)N2C)[nH]c2c(C)c3nc(C)p(N=[N+]=[N-])c3cc12. The van der Waals surface area contributed by atoms with Gasteiger partial charge >= 0.3 is 0 Å². The summed E-state index contributed by atoms with van der Waals surface area (Å²) in [6, 6.07) is 2.15. The first-order valence-corrected chi connectivity index (χ1v) is 11.5. The van der Waals surface area contributed by atoms with Gasteiger partial charge in [-0.05, 0) is 69.5 Å². The van der Waals surface area contributed by atoms with Crippen molar-refractivity contribution >= 4 is 40.9 Å². The number of nitrogens with one attached hydrogen (secondary N) is 1. The average molecular weight is 421 g/mol. The lowest BCUT2D eigenvalue weighted by Gasteiger charge is -2.25. The minimum absolute atomic E-state index is 0.418. The summed E-state index contributed by atoms with van der Waals surface area (Å²) in [7, 11) is 3.27. The maximum atomic E-state index is 9.02. The summed E-state index contributed by atoms with van der Waals surface area (Å²) in [6.07, 6.45) is 3.43. The molecule has 0 spiro atoms. The van der Waals surface area contributed by atoms with Gasteiger partial charge in [0.25, 0.3) is 0 Å². The summed E-state index contributed by atoms with van der Waals surface area (Å²) in [5, 5.41) is 2.15. The van der Waals surface area contributed by atoms with E-state index in [1.54, 1.807) is 0 Å². The van der Waals surface area contributed by atoms with Crippen LogP contribution in [0.2, 0.25) is 0 Å². The Hall–Kier alpha value is -2.72. The number of benzene rings is 1. The first kappa shape index (κ1) is 20.5. The third-order valence-electron chi connectivity index (χ3n) is 6.43. The van der Waals surface area contributed by atoms with Crippen molar-refractivity contribution in [2.75, 3.05) is 20.6 Å². The Labute approximate surface area is 177 Å². The van der Waals surface area contributed by atoms with Crippen molar-refractivity contribution in [1.82, 2.24) is 19.8 Å². The van der Waals surface area contributed by atoms with E-state index in [4.69, 9.17) is 10.5 Å². The van der Waals surface area contributed by atoms with Crippen molar-refractivity contribution in [2.24, 2.45) is 4.88 Å². The third kappa shape index (κ3) is 2.85. The van der Waals surface area contributed by atoms with E-state index >= 15 is 0 Å². The zero-order chi connectivity index (χ0) is 21.7. The van der Waals surface area contributed by atoms with Crippen molar-refractivity contribution in [3.05, 3.63) is 51.0 Å². The molecular weight excluding hydrogens is 393 g/mol. The number of fused-ring (bicyclic) bond motifs is 2. The van der Waals surface area contributed by atoms with E-state index in [2.05, 4.69) is 72.1 Å². The Balaban J connectivity index is 2.00. The minimum Gasteiger partial charge on any atom is -0.361 e. The molecule has 2 atom stereocenters. The number of H-pyrrole nitrogens is 1. The van der Waals surface area contributed by atoms with Crippen LogP contribution in [0.4, 0.5) is 0 Å². The molecule has 1 N–H and O–H groups in total. The van der Waals surface area contributed by atoms with Gasteiger partial charge in [0.05, 0.1) is 28.3 Å². The van der Waals surface area contributed by atoms with E-state index in [1.807, 2.05) is 13.0 Å². The van der Waals surface area contributed by atoms with E-state index in [-0.39, 0.29) is 0 Å². The largest absolute Gasteiger partial charge is 0.361 e. The molecule has 0 aliphatic carbocycles. The fourth-order valence-electron chi connectivity index (χ4n) is 4.88. The fourth-order valence-corrected chi connectivity index (χ4v) is 6.40. The molecule has 1 aliphatic heterocycles. The molecule has 1 aromatic carbocycles. The molecule has 0 saturated carbocycles. The number of hydrogen-bond acceptors (Lipinski definition) is 4. The van der Waals surface area contributed by atoms with Gasteiger partial charge in [-0.3, -0.25) is 4.90 Å². The number of likely N-dealkylation sites (N-methyl/N-ethyl adjacent to an activating group) is 2. The molecule has 7 nitrogen and oxygen atoms in total. The molecule has 2 unspecified atom stereocenters. The average Bonchev–Trinajstić information content (AvgIpc) is 3.34. The molecule has 1 saturated heterocycles. The predicted molar refractivity (Wildman–Crippen MR) is 127 cm³/mol. The van der Waals surface area contributed by atoms with Crippen LogP contribution in [0.1, 0.15) is 42.5 Å². The van der Waals surface area contributed by atoms with Crippen LogP contribution in [0.15, 0.2) is 23.2 Å². The van der Waals surface area contributed by atoms with Crippen molar-refractivity contribution in [3.63, 3.8) is 0 Å². The second-order valence-electron chi connectivity index (χ2n) is 8.05. The van der Waals surface area contributed by atoms with E-state index in [0.717, 1.165) is 56.7 Å². The highest BCUT2D eigenvalue weighted by Crippen LogP contribution is 2.46. The van der Waals surface area contributed by atoms with Crippen molar-refractivity contribution < 1.29 is 0 Å². The lowest BCUT2D eigenvalue weighted by molar-refractivity contribution is 0.191. The van der Waals surface area contributed by atoms with Crippen LogP contribution in [0.25, 0.3) is 43.6 Å². The normalized spacial score (nSPS) is 19.6. The standard InChI is InChI=1S/C22H28N7P/c1-8-15-16-10-18-22(24-14(5)30(18)27-26-23)13(4)21(16)25-20(15)12(3)17-11-28(6)19(9-2)29(17)7/h8,10,19,25H,1,9,11H2,2-7H3/b17-12+. The highest BCUT2D eigenvalue weighted by molar-refractivity contribution is 7.54. The van der Waals surface area contributed by atoms with Gasteiger partial charge in [0.2, 0.25) is 0 Å². The number of allylic oxidation sites excluding steroid dienone is 1. The Morgan fingerprint density at radius 1 is 1.47 bits per heavy atom. The van der Waals surface area contributed by atoms with Gasteiger partial charge < -0.3 is 9.88 Å². The molecule has 4 rings (SSSR count). The van der Waals surface area contributed by atoms with E-state index in [0.29, 0.717) is 6.17 Å². The molecule has 156 valence electrons. The van der Waals surface area contributed by atoms with Crippen LogP contribution in [0.5, 0.6) is 0 Å². The smallest absolute Gasteiger partial charge is 0.0813 e. The number of hydrogen-bond donors (Lipinski definition) is 1. The molecule has 0 bridgehead atoms. The van der Waals surface area contributed by atoms with Crippen molar-refractivity contribution in [1.29, 1.82) is 0 Å². The fraction of sp³-hybridized carbons (Fsp3) is 0.409. The van der Waals surface area contributed by atoms with Gasteiger partial charge in [-0.25, -0.2) is 4.98 Å². The zero-order valence-electron chi connectivity index (χ0n) is 18.5. The molecule has 30 heavy (non-hydrogen) atoms. The Kier molecular flexibility index (Phi) is 5.15. The highest BCUT2D eigenvalue weighted by Gasteiger charge is 2.30. The van der Waals surface area contributed by atoms with Crippen LogP contribution < -0.4 is 0 Å². The number of aromatic nitrogens is 2. The molecule has 8 heteroatoms. The first-order valence-electron chi connectivity index (χ1n) is 10.2. The molecule has 3 heterocycles. The van der Waals surface area contributed by atoms with Crippen LogP contribution in [-0.4, -0.2) is 46.6 Å². The topological polar surface area (TPSA) is 83.9 Å². The predicted octanol–water partition coefficient (Wildman–Crippen LogP) is 6.38. The molecule has 0 amide bonds.